The second-order valence-electron chi connectivity index (χ2n) is 6.43. The number of ether oxygens (including phenoxy) is 2. The lowest BCUT2D eigenvalue weighted by Crippen LogP contribution is -2.42. The van der Waals surface area contributed by atoms with Gasteiger partial charge in [0.15, 0.2) is 11.5 Å². The van der Waals surface area contributed by atoms with Crippen molar-refractivity contribution in [3.8, 4) is 11.5 Å². The quantitative estimate of drug-likeness (QED) is 0.622. The fraction of sp³-hybridized carbons (Fsp3) is 0.333. The average molecular weight is 384 g/mol. The molecule has 1 aromatic carbocycles. The Morgan fingerprint density at radius 1 is 1.11 bits per heavy atom. The Bertz CT molecular complexity index is 831. The second kappa shape index (κ2) is 9.12. The van der Waals surface area contributed by atoms with E-state index in [2.05, 4.69) is 6.58 Å². The van der Waals surface area contributed by atoms with Crippen LogP contribution in [0.4, 0.5) is 0 Å². The molecule has 0 fully saturated rings. The Labute approximate surface area is 164 Å². The largest absolute Gasteiger partial charge is 0.467 e. The van der Waals surface area contributed by atoms with E-state index in [-0.39, 0.29) is 25.2 Å². The number of nitrogens with zero attached hydrogens (tertiary/aromatic N) is 2. The molecule has 7 heteroatoms. The van der Waals surface area contributed by atoms with E-state index >= 15 is 0 Å². The van der Waals surface area contributed by atoms with Crippen LogP contribution in [0.2, 0.25) is 0 Å². The summed E-state index contributed by atoms with van der Waals surface area (Å²) in [4.78, 5) is 28.3. The molecule has 2 heterocycles. The zero-order valence-electron chi connectivity index (χ0n) is 15.9. The predicted molar refractivity (Wildman–Crippen MR) is 103 cm³/mol. The highest BCUT2D eigenvalue weighted by atomic mass is 16.7. The van der Waals surface area contributed by atoms with Gasteiger partial charge in [0.2, 0.25) is 18.6 Å². The first kappa shape index (κ1) is 19.5. The lowest BCUT2D eigenvalue weighted by atomic mass is 10.2. The summed E-state index contributed by atoms with van der Waals surface area (Å²) in [6.07, 6.45) is 3.53. The van der Waals surface area contributed by atoms with E-state index in [0.29, 0.717) is 43.3 Å². The molecule has 0 radical (unpaired) electrons. The number of hydrogen-bond acceptors (Lipinski definition) is 5. The van der Waals surface area contributed by atoms with Crippen LogP contribution in [0, 0.1) is 0 Å². The number of benzene rings is 1. The minimum absolute atomic E-state index is 0.00997. The molecule has 0 bridgehead atoms. The van der Waals surface area contributed by atoms with Gasteiger partial charge in [0.05, 0.1) is 12.8 Å². The number of rotatable bonds is 9. The van der Waals surface area contributed by atoms with Crippen LogP contribution in [-0.2, 0) is 22.7 Å². The number of hydrogen-bond donors (Lipinski definition) is 0. The molecule has 2 aromatic rings. The summed E-state index contributed by atoms with van der Waals surface area (Å²) < 4.78 is 16.2. The Balaban J connectivity index is 1.76. The zero-order valence-corrected chi connectivity index (χ0v) is 15.9. The van der Waals surface area contributed by atoms with Crippen LogP contribution in [0.3, 0.4) is 0 Å². The van der Waals surface area contributed by atoms with Crippen molar-refractivity contribution in [1.29, 1.82) is 0 Å². The van der Waals surface area contributed by atoms with E-state index in [1.165, 1.54) is 4.90 Å². The van der Waals surface area contributed by atoms with E-state index < -0.39 is 0 Å². The van der Waals surface area contributed by atoms with Crippen molar-refractivity contribution in [2.45, 2.75) is 26.4 Å². The number of fused-ring (bicyclic) bond motifs is 1. The first-order valence-corrected chi connectivity index (χ1v) is 9.18. The van der Waals surface area contributed by atoms with Crippen LogP contribution >= 0.6 is 0 Å². The maximum absolute atomic E-state index is 13.0. The van der Waals surface area contributed by atoms with E-state index in [4.69, 9.17) is 13.9 Å². The van der Waals surface area contributed by atoms with Gasteiger partial charge in [-0.05, 0) is 29.8 Å². The highest BCUT2D eigenvalue weighted by molar-refractivity contribution is 5.84. The molecule has 1 aliphatic heterocycles. The summed E-state index contributed by atoms with van der Waals surface area (Å²) >= 11 is 0. The van der Waals surface area contributed by atoms with Gasteiger partial charge < -0.3 is 23.7 Å². The fourth-order valence-corrected chi connectivity index (χ4v) is 2.98. The molecule has 7 nitrogen and oxygen atoms in total. The van der Waals surface area contributed by atoms with Gasteiger partial charge in [-0.1, -0.05) is 19.1 Å². The minimum atomic E-state index is -0.169. The summed E-state index contributed by atoms with van der Waals surface area (Å²) in [6.45, 7) is 6.63. The van der Waals surface area contributed by atoms with Gasteiger partial charge >= 0.3 is 0 Å². The molecule has 1 aliphatic rings. The van der Waals surface area contributed by atoms with Gasteiger partial charge in [-0.25, -0.2) is 0 Å². The molecule has 2 amide bonds. The average Bonchev–Trinajstić information content (AvgIpc) is 3.37. The molecule has 0 spiro atoms. The first-order chi connectivity index (χ1) is 13.6. The maximum atomic E-state index is 13.0. The third kappa shape index (κ3) is 4.73. The van der Waals surface area contributed by atoms with Gasteiger partial charge in [0, 0.05) is 19.5 Å². The Hall–Kier alpha value is -3.22. The molecule has 0 aliphatic carbocycles. The molecule has 1 aromatic heterocycles. The molecular weight excluding hydrogens is 360 g/mol. The number of carbonyl (C=O) groups excluding carboxylic acids is 2. The number of amides is 2. The minimum Gasteiger partial charge on any atom is -0.467 e. The van der Waals surface area contributed by atoms with E-state index in [1.54, 1.807) is 30.2 Å². The van der Waals surface area contributed by atoms with Gasteiger partial charge in [-0.3, -0.25) is 9.59 Å². The molecule has 0 saturated heterocycles. The molecule has 0 unspecified atom stereocenters. The maximum Gasteiger partial charge on any atom is 0.242 e. The van der Waals surface area contributed by atoms with Crippen molar-refractivity contribution >= 4 is 11.8 Å². The second-order valence-corrected chi connectivity index (χ2v) is 6.43. The van der Waals surface area contributed by atoms with Gasteiger partial charge in [0.1, 0.15) is 12.3 Å². The van der Waals surface area contributed by atoms with E-state index in [1.807, 2.05) is 24.3 Å². The van der Waals surface area contributed by atoms with Crippen LogP contribution in [0.15, 0.2) is 53.7 Å². The van der Waals surface area contributed by atoms with Crippen LogP contribution in [-0.4, -0.2) is 41.5 Å². The van der Waals surface area contributed by atoms with Gasteiger partial charge in [0.25, 0.3) is 0 Å². The first-order valence-electron chi connectivity index (χ1n) is 9.18. The summed E-state index contributed by atoms with van der Waals surface area (Å²) in [6, 6.07) is 9.19. The van der Waals surface area contributed by atoms with Gasteiger partial charge in [-0.2, -0.15) is 0 Å². The molecule has 0 saturated carbocycles. The highest BCUT2D eigenvalue weighted by Gasteiger charge is 2.22. The Morgan fingerprint density at radius 2 is 1.93 bits per heavy atom. The third-order valence-corrected chi connectivity index (χ3v) is 4.42. The normalized spacial score (nSPS) is 11.9. The summed E-state index contributed by atoms with van der Waals surface area (Å²) in [7, 11) is 0. The third-order valence-electron chi connectivity index (χ3n) is 4.42. The molecule has 148 valence electrons. The lowest BCUT2D eigenvalue weighted by Gasteiger charge is -2.26. The predicted octanol–water partition coefficient (Wildman–Crippen LogP) is 2.96. The van der Waals surface area contributed by atoms with Crippen molar-refractivity contribution in [3.05, 3.63) is 60.6 Å². The molecular formula is C21H24N2O5. The van der Waals surface area contributed by atoms with Crippen molar-refractivity contribution in [3.63, 3.8) is 0 Å². The highest BCUT2D eigenvalue weighted by Crippen LogP contribution is 2.33. The van der Waals surface area contributed by atoms with E-state index in [0.717, 1.165) is 5.56 Å². The van der Waals surface area contributed by atoms with Crippen LogP contribution in [0.5, 0.6) is 11.5 Å². The Morgan fingerprint density at radius 3 is 2.64 bits per heavy atom. The van der Waals surface area contributed by atoms with Crippen molar-refractivity contribution < 1.29 is 23.5 Å². The van der Waals surface area contributed by atoms with Crippen LogP contribution in [0.25, 0.3) is 0 Å². The molecule has 0 N–H and O–H groups in total. The number of furan rings is 1. The van der Waals surface area contributed by atoms with Crippen molar-refractivity contribution in [2.24, 2.45) is 0 Å². The fourth-order valence-electron chi connectivity index (χ4n) is 2.98. The van der Waals surface area contributed by atoms with Crippen molar-refractivity contribution in [1.82, 2.24) is 9.80 Å². The zero-order chi connectivity index (χ0) is 19.9. The molecule has 28 heavy (non-hydrogen) atoms. The monoisotopic (exact) mass is 384 g/mol. The summed E-state index contributed by atoms with van der Waals surface area (Å²) in [5.41, 5.74) is 0.904. The lowest BCUT2D eigenvalue weighted by molar-refractivity contribution is -0.140. The standard InChI is InChI=1S/C21H24N2O5/c1-3-9-22(20(24)4-2)14-21(25)23(13-17-6-5-10-26-17)12-16-7-8-18-19(11-16)28-15-27-18/h3,5-8,10-11H,1,4,9,12-15H2,2H3. The smallest absolute Gasteiger partial charge is 0.242 e. The molecule has 0 atom stereocenters. The number of carbonyl (C=O) groups is 2. The van der Waals surface area contributed by atoms with Crippen molar-refractivity contribution in [2.75, 3.05) is 19.9 Å². The SMILES string of the molecule is C=CCN(CC(=O)N(Cc1ccc2c(c1)OCO2)Cc1ccco1)C(=O)CC. The van der Waals surface area contributed by atoms with Crippen LogP contribution in [0.1, 0.15) is 24.7 Å². The molecule has 3 rings (SSSR count). The summed E-state index contributed by atoms with van der Waals surface area (Å²) in [5.74, 6) is 1.77. The Kier molecular flexibility index (Phi) is 6.37. The van der Waals surface area contributed by atoms with Crippen LogP contribution < -0.4 is 9.47 Å². The topological polar surface area (TPSA) is 72.2 Å². The van der Waals surface area contributed by atoms with Gasteiger partial charge in [-0.15, -0.1) is 6.58 Å². The van der Waals surface area contributed by atoms with E-state index in [9.17, 15) is 9.59 Å². The summed E-state index contributed by atoms with van der Waals surface area (Å²) in [5, 5.41) is 0.